The lowest BCUT2D eigenvalue weighted by Crippen LogP contribution is -2.26. The van der Waals surface area contributed by atoms with Gasteiger partial charge in [-0.15, -0.1) is 10.2 Å². The lowest BCUT2D eigenvalue weighted by atomic mass is 10.2. The highest BCUT2D eigenvalue weighted by molar-refractivity contribution is 8.00. The first-order chi connectivity index (χ1) is 11.1. The van der Waals surface area contributed by atoms with Crippen LogP contribution >= 0.6 is 46.3 Å². The number of hydrogen-bond acceptors (Lipinski definition) is 6. The first-order valence-corrected chi connectivity index (χ1v) is 9.50. The van der Waals surface area contributed by atoms with Crippen molar-refractivity contribution < 1.29 is 9.53 Å². The summed E-state index contributed by atoms with van der Waals surface area (Å²) in [7, 11) is 0. The van der Waals surface area contributed by atoms with E-state index >= 15 is 0 Å². The van der Waals surface area contributed by atoms with Crippen molar-refractivity contribution in [3.05, 3.63) is 33.8 Å². The van der Waals surface area contributed by atoms with Crippen LogP contribution in [-0.2, 0) is 15.3 Å². The third kappa shape index (κ3) is 4.58. The summed E-state index contributed by atoms with van der Waals surface area (Å²) in [6, 6.07) is 5.40. The van der Waals surface area contributed by atoms with E-state index in [4.69, 9.17) is 27.9 Å². The summed E-state index contributed by atoms with van der Waals surface area (Å²) in [5, 5.41) is 12.5. The normalized spacial score (nSPS) is 17.4. The standard InChI is InChI=1S/C14H13Cl2N3O2S2/c15-9-4-3-8(10(16)6-9)7-22-14-19-18-13(23-14)17-12(20)11-2-1-5-21-11/h3-4,6,11H,1-2,5,7H2,(H,17,18,20). The van der Waals surface area contributed by atoms with E-state index in [-0.39, 0.29) is 12.0 Å². The van der Waals surface area contributed by atoms with E-state index < -0.39 is 0 Å². The van der Waals surface area contributed by atoms with Crippen molar-refractivity contribution in [1.29, 1.82) is 0 Å². The van der Waals surface area contributed by atoms with Crippen LogP contribution in [-0.4, -0.2) is 28.8 Å². The number of halogens is 2. The van der Waals surface area contributed by atoms with Crippen molar-refractivity contribution in [1.82, 2.24) is 10.2 Å². The molecule has 2 aromatic rings. The molecule has 1 unspecified atom stereocenters. The number of aromatic nitrogens is 2. The number of ether oxygens (including phenoxy) is 1. The maximum atomic E-state index is 11.9. The Morgan fingerprint density at radius 2 is 2.30 bits per heavy atom. The van der Waals surface area contributed by atoms with Crippen molar-refractivity contribution in [2.24, 2.45) is 0 Å². The van der Waals surface area contributed by atoms with Gasteiger partial charge in [-0.1, -0.05) is 52.4 Å². The summed E-state index contributed by atoms with van der Waals surface area (Å²) in [6.45, 7) is 0.636. The van der Waals surface area contributed by atoms with Gasteiger partial charge in [0.2, 0.25) is 5.13 Å². The molecule has 1 N–H and O–H groups in total. The molecule has 0 spiro atoms. The number of anilines is 1. The van der Waals surface area contributed by atoms with Crippen LogP contribution in [0.25, 0.3) is 0 Å². The summed E-state index contributed by atoms with van der Waals surface area (Å²) in [5.41, 5.74) is 0.973. The van der Waals surface area contributed by atoms with Gasteiger partial charge in [-0.3, -0.25) is 10.1 Å². The SMILES string of the molecule is O=C(Nc1nnc(SCc2ccc(Cl)cc2Cl)s1)C1CCCO1. The van der Waals surface area contributed by atoms with Crippen molar-refractivity contribution in [3.8, 4) is 0 Å². The van der Waals surface area contributed by atoms with E-state index in [1.165, 1.54) is 23.1 Å². The van der Waals surface area contributed by atoms with Crippen LogP contribution in [0.15, 0.2) is 22.5 Å². The molecular weight excluding hydrogens is 377 g/mol. The molecule has 3 rings (SSSR count). The van der Waals surface area contributed by atoms with Gasteiger partial charge in [-0.2, -0.15) is 0 Å². The Kier molecular flexibility index (Phi) is 5.76. The second-order valence-electron chi connectivity index (χ2n) is 4.89. The molecule has 9 heteroatoms. The number of nitrogens with zero attached hydrogens (tertiary/aromatic N) is 2. The predicted octanol–water partition coefficient (Wildman–Crippen LogP) is 4.25. The number of amides is 1. The molecule has 1 amide bonds. The van der Waals surface area contributed by atoms with E-state index in [1.54, 1.807) is 12.1 Å². The van der Waals surface area contributed by atoms with E-state index in [2.05, 4.69) is 15.5 Å². The minimum Gasteiger partial charge on any atom is -0.368 e. The second-order valence-corrected chi connectivity index (χ2v) is 7.93. The number of hydrogen-bond donors (Lipinski definition) is 1. The number of nitrogens with one attached hydrogen (secondary N) is 1. The minimum atomic E-state index is -0.372. The summed E-state index contributed by atoms with van der Waals surface area (Å²) in [6.07, 6.45) is 1.29. The number of carbonyl (C=O) groups is 1. The molecule has 1 aliphatic rings. The van der Waals surface area contributed by atoms with E-state index in [1.807, 2.05) is 6.07 Å². The van der Waals surface area contributed by atoms with Crippen molar-refractivity contribution in [3.63, 3.8) is 0 Å². The Hall–Kier alpha value is -0.860. The van der Waals surface area contributed by atoms with Gasteiger partial charge in [-0.05, 0) is 30.5 Å². The zero-order valence-corrected chi connectivity index (χ0v) is 15.1. The van der Waals surface area contributed by atoms with E-state index in [0.717, 1.165) is 22.7 Å². The highest BCUT2D eigenvalue weighted by atomic mass is 35.5. The maximum Gasteiger partial charge on any atom is 0.255 e. The molecule has 1 fully saturated rings. The fraction of sp³-hybridized carbons (Fsp3) is 0.357. The van der Waals surface area contributed by atoms with Crippen LogP contribution in [0.1, 0.15) is 18.4 Å². The summed E-state index contributed by atoms with van der Waals surface area (Å²) < 4.78 is 6.10. The molecule has 1 aromatic carbocycles. The number of benzene rings is 1. The van der Waals surface area contributed by atoms with E-state index in [0.29, 0.717) is 27.5 Å². The van der Waals surface area contributed by atoms with Crippen LogP contribution in [0.4, 0.5) is 5.13 Å². The number of thioether (sulfide) groups is 1. The van der Waals surface area contributed by atoms with Crippen molar-refractivity contribution in [2.45, 2.75) is 29.0 Å². The molecule has 0 aliphatic carbocycles. The Morgan fingerprint density at radius 3 is 3.04 bits per heavy atom. The van der Waals surface area contributed by atoms with Crippen molar-refractivity contribution >= 4 is 57.3 Å². The first-order valence-electron chi connectivity index (χ1n) is 6.94. The average molecular weight is 390 g/mol. The minimum absolute atomic E-state index is 0.157. The van der Waals surface area contributed by atoms with Gasteiger partial charge in [-0.25, -0.2) is 0 Å². The zero-order valence-electron chi connectivity index (χ0n) is 11.9. The first kappa shape index (κ1) is 17.0. The lowest BCUT2D eigenvalue weighted by Gasteiger charge is -2.07. The quantitative estimate of drug-likeness (QED) is 0.611. The summed E-state index contributed by atoms with van der Waals surface area (Å²) >= 11 is 14.9. The van der Waals surface area contributed by atoms with Gasteiger partial charge < -0.3 is 4.74 Å². The fourth-order valence-electron chi connectivity index (χ4n) is 2.07. The Labute approximate surface area is 151 Å². The highest BCUT2D eigenvalue weighted by Gasteiger charge is 2.24. The number of carbonyl (C=O) groups excluding carboxylic acids is 1. The molecule has 2 heterocycles. The third-order valence-corrected chi connectivity index (χ3v) is 5.83. The van der Waals surface area contributed by atoms with Gasteiger partial charge in [0, 0.05) is 22.4 Å². The molecule has 0 saturated carbocycles. The van der Waals surface area contributed by atoms with E-state index in [9.17, 15) is 4.79 Å². The molecule has 5 nitrogen and oxygen atoms in total. The van der Waals surface area contributed by atoms with Gasteiger partial charge in [0.1, 0.15) is 6.10 Å². The summed E-state index contributed by atoms with van der Waals surface area (Å²) in [4.78, 5) is 11.9. The molecular formula is C14H13Cl2N3O2S2. The molecule has 0 bridgehead atoms. The fourth-order valence-corrected chi connectivity index (χ4v) is 4.38. The predicted molar refractivity (Wildman–Crippen MR) is 93.5 cm³/mol. The van der Waals surface area contributed by atoms with Gasteiger partial charge in [0.25, 0.3) is 5.91 Å². The largest absolute Gasteiger partial charge is 0.368 e. The molecule has 1 atom stereocenters. The smallest absolute Gasteiger partial charge is 0.255 e. The van der Waals surface area contributed by atoms with Crippen molar-refractivity contribution in [2.75, 3.05) is 11.9 Å². The monoisotopic (exact) mass is 389 g/mol. The Bertz CT molecular complexity index is 705. The van der Waals surface area contributed by atoms with Crippen LogP contribution in [0.3, 0.4) is 0 Å². The highest BCUT2D eigenvalue weighted by Crippen LogP contribution is 2.31. The number of rotatable bonds is 5. The maximum absolute atomic E-state index is 11.9. The van der Waals surface area contributed by atoms with Crippen LogP contribution < -0.4 is 5.32 Å². The summed E-state index contributed by atoms with van der Waals surface area (Å²) in [5.74, 6) is 0.501. The molecule has 1 aromatic heterocycles. The van der Waals surface area contributed by atoms with Gasteiger partial charge in [0.05, 0.1) is 0 Å². The van der Waals surface area contributed by atoms with Gasteiger partial charge >= 0.3 is 0 Å². The third-order valence-electron chi connectivity index (χ3n) is 3.22. The average Bonchev–Trinajstić information content (AvgIpc) is 3.17. The van der Waals surface area contributed by atoms with Gasteiger partial charge in [0.15, 0.2) is 4.34 Å². The molecule has 0 radical (unpaired) electrons. The lowest BCUT2D eigenvalue weighted by molar-refractivity contribution is -0.124. The molecule has 23 heavy (non-hydrogen) atoms. The van der Waals surface area contributed by atoms with Crippen LogP contribution in [0, 0.1) is 0 Å². The topological polar surface area (TPSA) is 64.1 Å². The Balaban J connectivity index is 1.55. The molecule has 122 valence electrons. The molecule has 1 aliphatic heterocycles. The zero-order chi connectivity index (χ0) is 16.2. The van der Waals surface area contributed by atoms with Crippen LogP contribution in [0.2, 0.25) is 10.0 Å². The van der Waals surface area contributed by atoms with Crippen LogP contribution in [0.5, 0.6) is 0 Å². The Morgan fingerprint density at radius 1 is 1.43 bits per heavy atom. The molecule has 1 saturated heterocycles. The second kappa shape index (κ2) is 7.81.